The Morgan fingerprint density at radius 2 is 2.11 bits per heavy atom. The smallest absolute Gasteiger partial charge is 0.323 e. The second-order valence-corrected chi connectivity index (χ2v) is 4.04. The maximum absolute atomic E-state index is 12.1. The van der Waals surface area contributed by atoms with Gasteiger partial charge in [-0.25, -0.2) is 0 Å². The molecule has 0 aliphatic rings. The standard InChI is InChI=1S/C11H11ClN2O5/c1-2-13(6-10(15)16)11(17)8-5-7(14(18)19)3-4-9(8)12/h3-5H,2,6H2,1H3,(H,15,16). The van der Waals surface area contributed by atoms with Crippen molar-refractivity contribution in [2.24, 2.45) is 0 Å². The number of aliphatic carboxylic acids is 1. The lowest BCUT2D eigenvalue weighted by atomic mass is 10.1. The van der Waals surface area contributed by atoms with Crippen LogP contribution in [0.1, 0.15) is 17.3 Å². The van der Waals surface area contributed by atoms with Crippen LogP contribution in [0.25, 0.3) is 0 Å². The van der Waals surface area contributed by atoms with Crippen LogP contribution in [0, 0.1) is 10.1 Å². The summed E-state index contributed by atoms with van der Waals surface area (Å²) in [6.07, 6.45) is 0. The molecule has 0 aliphatic heterocycles. The summed E-state index contributed by atoms with van der Waals surface area (Å²) in [5.41, 5.74) is -0.363. The number of carbonyl (C=O) groups is 2. The van der Waals surface area contributed by atoms with Crippen LogP contribution in [0.2, 0.25) is 5.02 Å². The molecule has 1 amide bonds. The number of benzene rings is 1. The highest BCUT2D eigenvalue weighted by Crippen LogP contribution is 2.23. The quantitative estimate of drug-likeness (QED) is 0.657. The number of amides is 1. The zero-order chi connectivity index (χ0) is 14.6. The van der Waals surface area contributed by atoms with Crippen molar-refractivity contribution in [1.29, 1.82) is 0 Å². The average molecular weight is 287 g/mol. The van der Waals surface area contributed by atoms with Gasteiger partial charge in [-0.15, -0.1) is 0 Å². The number of rotatable bonds is 5. The molecule has 1 rings (SSSR count). The molecule has 19 heavy (non-hydrogen) atoms. The highest BCUT2D eigenvalue weighted by atomic mass is 35.5. The lowest BCUT2D eigenvalue weighted by Gasteiger charge is -2.18. The SMILES string of the molecule is CCN(CC(=O)O)C(=O)c1cc([N+](=O)[O-])ccc1Cl. The maximum atomic E-state index is 12.1. The molecule has 0 spiro atoms. The topological polar surface area (TPSA) is 101 Å². The molecule has 0 saturated heterocycles. The highest BCUT2D eigenvalue weighted by molar-refractivity contribution is 6.34. The molecule has 8 heteroatoms. The molecule has 1 aromatic carbocycles. The Kier molecular flexibility index (Phi) is 4.82. The van der Waals surface area contributed by atoms with Gasteiger partial charge in [0.05, 0.1) is 15.5 Å². The second kappa shape index (κ2) is 6.14. The second-order valence-electron chi connectivity index (χ2n) is 3.63. The Bertz CT molecular complexity index is 532. The van der Waals surface area contributed by atoms with Gasteiger partial charge in [0.15, 0.2) is 0 Å². The molecular formula is C11H11ClN2O5. The number of nitro benzene ring substituents is 1. The largest absolute Gasteiger partial charge is 0.480 e. The fraction of sp³-hybridized carbons (Fsp3) is 0.273. The van der Waals surface area contributed by atoms with Gasteiger partial charge in [0, 0.05) is 18.7 Å². The first-order valence-electron chi connectivity index (χ1n) is 5.31. The molecule has 1 N–H and O–H groups in total. The van der Waals surface area contributed by atoms with E-state index in [1.54, 1.807) is 6.92 Å². The van der Waals surface area contributed by atoms with Crippen molar-refractivity contribution in [2.45, 2.75) is 6.92 Å². The number of non-ortho nitro benzene ring substituents is 1. The van der Waals surface area contributed by atoms with Crippen LogP contribution in [0.3, 0.4) is 0 Å². The van der Waals surface area contributed by atoms with E-state index in [4.69, 9.17) is 16.7 Å². The molecule has 0 fully saturated rings. The summed E-state index contributed by atoms with van der Waals surface area (Å²) >= 11 is 5.82. The van der Waals surface area contributed by atoms with Crippen LogP contribution in [0.15, 0.2) is 18.2 Å². The molecule has 0 radical (unpaired) electrons. The van der Waals surface area contributed by atoms with Gasteiger partial charge in [0.1, 0.15) is 6.54 Å². The number of carbonyl (C=O) groups excluding carboxylic acids is 1. The number of hydrogen-bond donors (Lipinski definition) is 1. The lowest BCUT2D eigenvalue weighted by Crippen LogP contribution is -2.35. The van der Waals surface area contributed by atoms with Gasteiger partial charge in [-0.1, -0.05) is 11.6 Å². The summed E-state index contributed by atoms with van der Waals surface area (Å²) in [7, 11) is 0. The number of hydrogen-bond acceptors (Lipinski definition) is 4. The molecule has 0 saturated carbocycles. The summed E-state index contributed by atoms with van der Waals surface area (Å²) in [6.45, 7) is 1.27. The van der Waals surface area contributed by atoms with E-state index in [1.165, 1.54) is 12.1 Å². The van der Waals surface area contributed by atoms with Gasteiger partial charge in [-0.2, -0.15) is 0 Å². The van der Waals surface area contributed by atoms with Crippen LogP contribution < -0.4 is 0 Å². The highest BCUT2D eigenvalue weighted by Gasteiger charge is 2.21. The van der Waals surface area contributed by atoms with Gasteiger partial charge >= 0.3 is 5.97 Å². The zero-order valence-electron chi connectivity index (χ0n) is 10.00. The number of nitrogens with zero attached hydrogens (tertiary/aromatic N) is 2. The Hall–Kier alpha value is -2.15. The predicted molar refractivity (Wildman–Crippen MR) is 67.3 cm³/mol. The number of carboxylic acid groups (broad SMARTS) is 1. The normalized spacial score (nSPS) is 10.0. The summed E-state index contributed by atoms with van der Waals surface area (Å²) in [5.74, 6) is -1.82. The monoisotopic (exact) mass is 286 g/mol. The van der Waals surface area contributed by atoms with E-state index in [0.29, 0.717) is 0 Å². The first-order valence-corrected chi connectivity index (χ1v) is 5.69. The molecule has 0 unspecified atom stereocenters. The minimum absolute atomic E-state index is 0.0411. The van der Waals surface area contributed by atoms with Crippen LogP contribution in [-0.4, -0.2) is 39.9 Å². The van der Waals surface area contributed by atoms with Crippen molar-refractivity contribution in [1.82, 2.24) is 4.90 Å². The summed E-state index contributed by atoms with van der Waals surface area (Å²) in [5, 5.41) is 19.4. The molecular weight excluding hydrogens is 276 g/mol. The molecule has 0 bridgehead atoms. The van der Waals surface area contributed by atoms with E-state index in [2.05, 4.69) is 0 Å². The number of likely N-dealkylation sites (N-methyl/N-ethyl adjacent to an activating group) is 1. The predicted octanol–water partition coefficient (Wildman–Crippen LogP) is 1.79. The zero-order valence-corrected chi connectivity index (χ0v) is 10.8. The van der Waals surface area contributed by atoms with Crippen LogP contribution in [-0.2, 0) is 4.79 Å². The van der Waals surface area contributed by atoms with Gasteiger partial charge in [-0.05, 0) is 13.0 Å². The fourth-order valence-corrected chi connectivity index (χ4v) is 1.65. The summed E-state index contributed by atoms with van der Waals surface area (Å²) in [4.78, 5) is 33.7. The minimum Gasteiger partial charge on any atom is -0.480 e. The van der Waals surface area contributed by atoms with E-state index in [1.807, 2.05) is 0 Å². The number of nitro groups is 1. The van der Waals surface area contributed by atoms with Crippen molar-refractivity contribution in [3.8, 4) is 0 Å². The van der Waals surface area contributed by atoms with Crippen molar-refractivity contribution in [3.63, 3.8) is 0 Å². The average Bonchev–Trinajstić information content (AvgIpc) is 2.35. The van der Waals surface area contributed by atoms with Crippen molar-refractivity contribution < 1.29 is 19.6 Å². The first-order chi connectivity index (χ1) is 8.86. The minimum atomic E-state index is -1.17. The van der Waals surface area contributed by atoms with Gasteiger partial charge in [-0.3, -0.25) is 19.7 Å². The van der Waals surface area contributed by atoms with Crippen molar-refractivity contribution >= 4 is 29.2 Å². The molecule has 0 aromatic heterocycles. The lowest BCUT2D eigenvalue weighted by molar-refractivity contribution is -0.384. The summed E-state index contributed by atoms with van der Waals surface area (Å²) < 4.78 is 0. The molecule has 1 aromatic rings. The Morgan fingerprint density at radius 1 is 1.47 bits per heavy atom. The summed E-state index contributed by atoms with van der Waals surface area (Å²) in [6, 6.07) is 3.45. The van der Waals surface area contributed by atoms with Crippen LogP contribution in [0.5, 0.6) is 0 Å². The van der Waals surface area contributed by atoms with E-state index in [9.17, 15) is 19.7 Å². The van der Waals surface area contributed by atoms with Crippen molar-refractivity contribution in [2.75, 3.05) is 13.1 Å². The third-order valence-electron chi connectivity index (χ3n) is 2.39. The maximum Gasteiger partial charge on any atom is 0.323 e. The molecule has 7 nitrogen and oxygen atoms in total. The molecule has 0 atom stereocenters. The molecule has 102 valence electrons. The van der Waals surface area contributed by atoms with E-state index >= 15 is 0 Å². The van der Waals surface area contributed by atoms with Gasteiger partial charge < -0.3 is 10.0 Å². The number of halogens is 1. The van der Waals surface area contributed by atoms with E-state index in [-0.39, 0.29) is 22.8 Å². The Balaban J connectivity index is 3.13. The Morgan fingerprint density at radius 3 is 2.58 bits per heavy atom. The van der Waals surface area contributed by atoms with Crippen LogP contribution in [0.4, 0.5) is 5.69 Å². The van der Waals surface area contributed by atoms with Gasteiger partial charge in [0.2, 0.25) is 0 Å². The third-order valence-corrected chi connectivity index (χ3v) is 2.72. The van der Waals surface area contributed by atoms with E-state index < -0.39 is 23.3 Å². The molecule has 0 heterocycles. The molecule has 0 aliphatic carbocycles. The fourth-order valence-electron chi connectivity index (χ4n) is 1.45. The van der Waals surface area contributed by atoms with Crippen LogP contribution >= 0.6 is 11.6 Å². The number of carboxylic acids is 1. The third kappa shape index (κ3) is 3.65. The van der Waals surface area contributed by atoms with E-state index in [0.717, 1.165) is 11.0 Å². The van der Waals surface area contributed by atoms with Gasteiger partial charge in [0.25, 0.3) is 11.6 Å². The Labute approximate surface area is 113 Å². The first kappa shape index (κ1) is 14.9. The van der Waals surface area contributed by atoms with Crippen molar-refractivity contribution in [3.05, 3.63) is 38.9 Å².